The van der Waals surface area contributed by atoms with Gasteiger partial charge in [0.1, 0.15) is 6.54 Å². The summed E-state index contributed by atoms with van der Waals surface area (Å²) in [4.78, 5) is 38.2. The molecule has 2 N–H and O–H groups in total. The van der Waals surface area contributed by atoms with Crippen LogP contribution in [0.4, 0.5) is 13.2 Å². The predicted octanol–water partition coefficient (Wildman–Crippen LogP) is 3.01. The summed E-state index contributed by atoms with van der Waals surface area (Å²) in [6, 6.07) is 15.6. The van der Waals surface area contributed by atoms with Crippen LogP contribution >= 0.6 is 0 Å². The summed E-state index contributed by atoms with van der Waals surface area (Å²) in [7, 11) is 0. The molecule has 0 atom stereocenters. The summed E-state index contributed by atoms with van der Waals surface area (Å²) in [6.07, 6.45) is -5.08. The molecule has 0 unspecified atom stereocenters. The Morgan fingerprint density at radius 1 is 0.941 bits per heavy atom. The van der Waals surface area contributed by atoms with Crippen molar-refractivity contribution in [2.75, 3.05) is 32.7 Å². The topological polar surface area (TPSA) is 90.0 Å². The zero-order chi connectivity index (χ0) is 25.3. The molecule has 0 bridgehead atoms. The maximum atomic E-state index is 13.1. The van der Waals surface area contributed by atoms with Crippen LogP contribution in [0.25, 0.3) is 0 Å². The second-order valence-corrected chi connectivity index (χ2v) is 7.95. The Bertz CT molecular complexity index is 970. The number of benzene rings is 2. The lowest BCUT2D eigenvalue weighted by molar-refractivity contribution is -0.192. The number of alkyl halides is 3. The van der Waals surface area contributed by atoms with Crippen LogP contribution in [0, 0.1) is 13.8 Å². The normalized spacial score (nSPS) is 13.5. The van der Waals surface area contributed by atoms with E-state index in [4.69, 9.17) is 9.90 Å². The van der Waals surface area contributed by atoms with Crippen LogP contribution in [0.15, 0.2) is 48.5 Å². The fourth-order valence-corrected chi connectivity index (χ4v) is 3.17. The highest BCUT2D eigenvalue weighted by Crippen LogP contribution is 2.14. The standard InChI is InChI=1S/C22H27N3O2.C2HF3O2/c1-17-3-7-19(8-4-17)15-25(16-21(26)24-13-11-23-12-14-24)22(27)20-9-5-18(2)6-10-20;3-2(4,5)1(6)7/h3-10,23H,11-16H2,1-2H3;(H,6,7). The molecule has 1 saturated heterocycles. The summed E-state index contributed by atoms with van der Waals surface area (Å²) < 4.78 is 31.7. The third-order valence-electron chi connectivity index (χ3n) is 5.12. The number of nitrogens with zero attached hydrogens (tertiary/aromatic N) is 2. The lowest BCUT2D eigenvalue weighted by Crippen LogP contribution is -2.50. The molecule has 1 aliphatic heterocycles. The Morgan fingerprint density at radius 2 is 1.41 bits per heavy atom. The molecule has 184 valence electrons. The van der Waals surface area contributed by atoms with Gasteiger partial charge >= 0.3 is 12.1 Å². The van der Waals surface area contributed by atoms with E-state index in [9.17, 15) is 22.8 Å². The van der Waals surface area contributed by atoms with E-state index in [1.54, 1.807) is 4.90 Å². The summed E-state index contributed by atoms with van der Waals surface area (Å²) in [5.74, 6) is -2.87. The lowest BCUT2D eigenvalue weighted by Gasteiger charge is -2.30. The van der Waals surface area contributed by atoms with Crippen LogP contribution in [0.1, 0.15) is 27.0 Å². The van der Waals surface area contributed by atoms with Crippen molar-refractivity contribution < 1.29 is 32.7 Å². The Labute approximate surface area is 196 Å². The molecule has 1 fully saturated rings. The van der Waals surface area contributed by atoms with Crippen molar-refractivity contribution in [1.29, 1.82) is 0 Å². The van der Waals surface area contributed by atoms with Crippen molar-refractivity contribution in [3.8, 4) is 0 Å². The first-order valence-corrected chi connectivity index (χ1v) is 10.7. The van der Waals surface area contributed by atoms with E-state index in [0.717, 1.165) is 24.2 Å². The van der Waals surface area contributed by atoms with E-state index in [1.807, 2.05) is 67.3 Å². The predicted molar refractivity (Wildman–Crippen MR) is 120 cm³/mol. The monoisotopic (exact) mass is 479 g/mol. The van der Waals surface area contributed by atoms with Crippen molar-refractivity contribution in [2.24, 2.45) is 0 Å². The number of aryl methyl sites for hydroxylation is 2. The zero-order valence-corrected chi connectivity index (χ0v) is 19.1. The van der Waals surface area contributed by atoms with Gasteiger partial charge in [-0.15, -0.1) is 0 Å². The summed E-state index contributed by atoms with van der Waals surface area (Å²) in [6.45, 7) is 7.53. The number of aliphatic carboxylic acids is 1. The number of rotatable bonds is 5. The maximum Gasteiger partial charge on any atom is 0.490 e. The average Bonchev–Trinajstić information content (AvgIpc) is 2.80. The second-order valence-electron chi connectivity index (χ2n) is 7.95. The van der Waals surface area contributed by atoms with Gasteiger partial charge in [0.2, 0.25) is 5.91 Å². The largest absolute Gasteiger partial charge is 0.490 e. The van der Waals surface area contributed by atoms with Crippen molar-refractivity contribution in [2.45, 2.75) is 26.6 Å². The molecule has 0 aromatic heterocycles. The fraction of sp³-hybridized carbons (Fsp3) is 0.375. The van der Waals surface area contributed by atoms with Crippen molar-refractivity contribution in [1.82, 2.24) is 15.1 Å². The Hall–Kier alpha value is -3.40. The first-order chi connectivity index (χ1) is 16.0. The minimum absolute atomic E-state index is 0.00377. The number of carboxylic acids is 1. The van der Waals surface area contributed by atoms with Crippen molar-refractivity contribution in [3.63, 3.8) is 0 Å². The number of piperazine rings is 1. The van der Waals surface area contributed by atoms with E-state index >= 15 is 0 Å². The van der Waals surface area contributed by atoms with Crippen molar-refractivity contribution in [3.05, 3.63) is 70.8 Å². The molecule has 0 aliphatic carbocycles. The molecule has 0 radical (unpaired) electrons. The van der Waals surface area contributed by atoms with Gasteiger partial charge in [-0.05, 0) is 31.5 Å². The molecule has 0 spiro atoms. The van der Waals surface area contributed by atoms with Crippen molar-refractivity contribution >= 4 is 17.8 Å². The second kappa shape index (κ2) is 12.2. The van der Waals surface area contributed by atoms with Gasteiger partial charge in [-0.2, -0.15) is 13.2 Å². The molecule has 1 heterocycles. The third kappa shape index (κ3) is 8.51. The molecule has 7 nitrogen and oxygen atoms in total. The molecule has 10 heteroatoms. The first kappa shape index (κ1) is 26.8. The summed E-state index contributed by atoms with van der Waals surface area (Å²) >= 11 is 0. The van der Waals surface area contributed by atoms with Gasteiger partial charge in [0.25, 0.3) is 5.91 Å². The number of hydrogen-bond acceptors (Lipinski definition) is 4. The molecular formula is C24H28F3N3O4. The number of amides is 2. The smallest absolute Gasteiger partial charge is 0.475 e. The van der Waals surface area contributed by atoms with Crippen LogP contribution in [0.5, 0.6) is 0 Å². The van der Waals surface area contributed by atoms with Crippen LogP contribution < -0.4 is 5.32 Å². The minimum Gasteiger partial charge on any atom is -0.475 e. The van der Waals surface area contributed by atoms with E-state index in [1.165, 1.54) is 5.56 Å². The average molecular weight is 479 g/mol. The lowest BCUT2D eigenvalue weighted by atomic mass is 10.1. The molecule has 3 rings (SSSR count). The van der Waals surface area contributed by atoms with Gasteiger partial charge in [-0.25, -0.2) is 4.79 Å². The fourth-order valence-electron chi connectivity index (χ4n) is 3.17. The number of carboxylic acid groups (broad SMARTS) is 1. The third-order valence-corrected chi connectivity index (χ3v) is 5.12. The number of nitrogens with one attached hydrogen (secondary N) is 1. The van der Waals surface area contributed by atoms with Gasteiger partial charge in [-0.1, -0.05) is 47.5 Å². The van der Waals surface area contributed by atoms with E-state index < -0.39 is 12.1 Å². The van der Waals surface area contributed by atoms with E-state index in [-0.39, 0.29) is 18.4 Å². The summed E-state index contributed by atoms with van der Waals surface area (Å²) in [5, 5.41) is 10.4. The van der Waals surface area contributed by atoms with Gasteiger partial charge in [0.05, 0.1) is 0 Å². The van der Waals surface area contributed by atoms with E-state index in [2.05, 4.69) is 5.32 Å². The molecule has 2 aromatic rings. The van der Waals surface area contributed by atoms with Crippen LogP contribution in [-0.4, -0.2) is 71.6 Å². The van der Waals surface area contributed by atoms with Gasteiger partial charge in [0, 0.05) is 38.3 Å². The highest BCUT2D eigenvalue weighted by Gasteiger charge is 2.38. The van der Waals surface area contributed by atoms with Gasteiger partial charge in [-0.3, -0.25) is 9.59 Å². The van der Waals surface area contributed by atoms with Crippen LogP contribution in [-0.2, 0) is 16.1 Å². The Balaban J connectivity index is 0.000000509. The highest BCUT2D eigenvalue weighted by atomic mass is 19.4. The molecule has 0 saturated carbocycles. The number of carbonyl (C=O) groups is 3. The number of halogens is 3. The minimum atomic E-state index is -5.08. The Kier molecular flexibility index (Phi) is 9.61. The van der Waals surface area contributed by atoms with Gasteiger partial charge < -0.3 is 20.2 Å². The summed E-state index contributed by atoms with van der Waals surface area (Å²) in [5.41, 5.74) is 3.91. The molecule has 1 aliphatic rings. The van der Waals surface area contributed by atoms with Crippen LogP contribution in [0.3, 0.4) is 0 Å². The molecule has 2 amide bonds. The maximum absolute atomic E-state index is 13.1. The molecule has 2 aromatic carbocycles. The Morgan fingerprint density at radius 3 is 1.88 bits per heavy atom. The van der Waals surface area contributed by atoms with E-state index in [0.29, 0.717) is 25.2 Å². The van der Waals surface area contributed by atoms with Gasteiger partial charge in [0.15, 0.2) is 0 Å². The first-order valence-electron chi connectivity index (χ1n) is 10.7. The molecule has 34 heavy (non-hydrogen) atoms. The van der Waals surface area contributed by atoms with Crippen LogP contribution in [0.2, 0.25) is 0 Å². The SMILES string of the molecule is Cc1ccc(CN(CC(=O)N2CCNCC2)C(=O)c2ccc(C)cc2)cc1.O=C(O)C(F)(F)F. The molecular weight excluding hydrogens is 451 g/mol. The zero-order valence-electron chi connectivity index (χ0n) is 19.1. The quantitative estimate of drug-likeness (QED) is 0.688. The number of hydrogen-bond donors (Lipinski definition) is 2. The number of carbonyl (C=O) groups excluding carboxylic acids is 2. The highest BCUT2D eigenvalue weighted by molar-refractivity contribution is 5.96.